The van der Waals surface area contributed by atoms with E-state index >= 15 is 0 Å². The molecule has 0 atom stereocenters. The zero-order valence-corrected chi connectivity index (χ0v) is 15.1. The maximum Gasteiger partial charge on any atom is 0.221 e. The average molecular weight is 344 g/mol. The van der Waals surface area contributed by atoms with Gasteiger partial charge in [-0.25, -0.2) is 0 Å². The molecule has 25 heavy (non-hydrogen) atoms. The maximum absolute atomic E-state index is 11.4. The van der Waals surface area contributed by atoms with Crippen LogP contribution < -0.4 is 10.2 Å². The van der Waals surface area contributed by atoms with E-state index in [-0.39, 0.29) is 5.91 Å². The summed E-state index contributed by atoms with van der Waals surface area (Å²) in [5.41, 5.74) is 2.59. The number of likely N-dealkylation sites (N-methyl/N-ethyl adjacent to an activating group) is 1. The Kier molecular flexibility index (Phi) is 4.85. The number of nitrogens with one attached hydrogen (secondary N) is 1. The third-order valence-corrected chi connectivity index (χ3v) is 5.79. The Morgan fingerprint density at radius 3 is 3.00 bits per heavy atom. The van der Waals surface area contributed by atoms with Gasteiger partial charge in [-0.15, -0.1) is 5.10 Å². The first-order chi connectivity index (χ1) is 12.2. The highest BCUT2D eigenvalue weighted by atomic mass is 16.1. The molecule has 1 N–H and O–H groups in total. The first-order valence-electron chi connectivity index (χ1n) is 9.49. The molecular formula is C18H28N6O. The van der Waals surface area contributed by atoms with Gasteiger partial charge >= 0.3 is 0 Å². The number of hydrogen-bond donors (Lipinski definition) is 1. The van der Waals surface area contributed by atoms with Gasteiger partial charge in [-0.2, -0.15) is 5.10 Å². The van der Waals surface area contributed by atoms with Crippen molar-refractivity contribution in [3.8, 4) is 0 Å². The Bertz CT molecular complexity index is 630. The minimum Gasteiger partial charge on any atom is -0.355 e. The molecule has 1 amide bonds. The number of aromatic nitrogens is 2. The van der Waals surface area contributed by atoms with E-state index in [2.05, 4.69) is 43.3 Å². The average Bonchev–Trinajstić information content (AvgIpc) is 2.93. The largest absolute Gasteiger partial charge is 0.355 e. The van der Waals surface area contributed by atoms with E-state index in [0.29, 0.717) is 12.5 Å². The predicted octanol–water partition coefficient (Wildman–Crippen LogP) is -0.0924. The van der Waals surface area contributed by atoms with Crippen LogP contribution in [0, 0.1) is 0 Å². The molecule has 0 saturated carbocycles. The summed E-state index contributed by atoms with van der Waals surface area (Å²) in [6, 6.07) is 2.83. The van der Waals surface area contributed by atoms with Crippen LogP contribution in [-0.2, 0) is 17.6 Å². The first kappa shape index (κ1) is 16.7. The quantitative estimate of drug-likeness (QED) is 0.805. The number of hydrogen-bond acceptors (Lipinski definition) is 6. The van der Waals surface area contributed by atoms with Crippen LogP contribution in [0.2, 0.25) is 0 Å². The Labute approximate surface area is 149 Å². The summed E-state index contributed by atoms with van der Waals surface area (Å²) in [7, 11) is 2.21. The van der Waals surface area contributed by atoms with Gasteiger partial charge in [0.05, 0.1) is 5.69 Å². The summed E-state index contributed by atoms with van der Waals surface area (Å²) in [6.45, 7) is 6.75. The zero-order chi connectivity index (χ0) is 17.2. The van der Waals surface area contributed by atoms with Crippen LogP contribution >= 0.6 is 0 Å². The highest BCUT2D eigenvalue weighted by Crippen LogP contribution is 2.26. The third kappa shape index (κ3) is 3.77. The zero-order valence-electron chi connectivity index (χ0n) is 15.1. The Balaban J connectivity index is 1.22. The van der Waals surface area contributed by atoms with Crippen molar-refractivity contribution in [3.63, 3.8) is 0 Å². The van der Waals surface area contributed by atoms with E-state index in [1.807, 2.05) is 0 Å². The summed E-state index contributed by atoms with van der Waals surface area (Å²) in [5.74, 6) is 1.23. The maximum atomic E-state index is 11.4. The molecule has 7 nitrogen and oxygen atoms in total. The molecule has 136 valence electrons. The fourth-order valence-corrected chi connectivity index (χ4v) is 3.91. The molecule has 0 bridgehead atoms. The molecule has 0 aromatic carbocycles. The van der Waals surface area contributed by atoms with Crippen LogP contribution in [0.3, 0.4) is 0 Å². The van der Waals surface area contributed by atoms with Gasteiger partial charge < -0.3 is 10.2 Å². The predicted molar refractivity (Wildman–Crippen MR) is 96.8 cm³/mol. The second kappa shape index (κ2) is 7.25. The van der Waals surface area contributed by atoms with Crippen molar-refractivity contribution >= 4 is 11.7 Å². The lowest BCUT2D eigenvalue weighted by Gasteiger charge is -2.45. The van der Waals surface area contributed by atoms with E-state index in [1.54, 1.807) is 0 Å². The standard InChI is InChI=1S/C18H28N6O/c1-22(9-10-23-7-5-18(25)19-6-8-23)15-12-24(13-15)17-11-14-3-2-4-16(14)20-21-17/h11,15H,2-10,12-13H2,1H3,(H,19,25). The summed E-state index contributed by atoms with van der Waals surface area (Å²) in [4.78, 5) is 18.6. The molecule has 1 aromatic heterocycles. The second-order valence-corrected chi connectivity index (χ2v) is 7.51. The van der Waals surface area contributed by atoms with Crippen LogP contribution in [0.1, 0.15) is 24.1 Å². The molecule has 2 fully saturated rings. The molecule has 4 rings (SSSR count). The van der Waals surface area contributed by atoms with Crippen LogP contribution in [0.4, 0.5) is 5.82 Å². The highest BCUT2D eigenvalue weighted by Gasteiger charge is 2.31. The number of rotatable bonds is 5. The Morgan fingerprint density at radius 1 is 1.24 bits per heavy atom. The van der Waals surface area contributed by atoms with Gasteiger partial charge in [-0.05, 0) is 37.9 Å². The van der Waals surface area contributed by atoms with Crippen molar-refractivity contribution < 1.29 is 4.79 Å². The molecule has 3 aliphatic rings. The lowest BCUT2D eigenvalue weighted by molar-refractivity contribution is -0.120. The van der Waals surface area contributed by atoms with E-state index in [4.69, 9.17) is 0 Å². The minimum absolute atomic E-state index is 0.181. The molecule has 0 unspecified atom stereocenters. The number of anilines is 1. The van der Waals surface area contributed by atoms with Gasteiger partial charge in [-0.1, -0.05) is 0 Å². The van der Waals surface area contributed by atoms with Crippen molar-refractivity contribution in [1.29, 1.82) is 0 Å². The molecule has 0 spiro atoms. The normalized spacial score (nSPS) is 21.8. The van der Waals surface area contributed by atoms with Crippen LogP contribution in [0.5, 0.6) is 0 Å². The van der Waals surface area contributed by atoms with Crippen molar-refractivity contribution in [3.05, 3.63) is 17.3 Å². The summed E-state index contributed by atoms with van der Waals surface area (Å²) in [5, 5.41) is 11.7. The van der Waals surface area contributed by atoms with E-state index in [1.165, 1.54) is 17.7 Å². The van der Waals surface area contributed by atoms with Gasteiger partial charge in [0.2, 0.25) is 5.91 Å². The third-order valence-electron chi connectivity index (χ3n) is 5.79. The van der Waals surface area contributed by atoms with E-state index in [9.17, 15) is 4.79 Å². The van der Waals surface area contributed by atoms with Crippen LogP contribution in [0.15, 0.2) is 6.07 Å². The van der Waals surface area contributed by atoms with Crippen LogP contribution in [0.25, 0.3) is 0 Å². The second-order valence-electron chi connectivity index (χ2n) is 7.51. The van der Waals surface area contributed by atoms with Crippen molar-refractivity contribution in [1.82, 2.24) is 25.3 Å². The molecule has 1 aliphatic carbocycles. The lowest BCUT2D eigenvalue weighted by atomic mass is 10.1. The number of amides is 1. The highest BCUT2D eigenvalue weighted by molar-refractivity contribution is 5.76. The number of carbonyl (C=O) groups excluding carboxylic acids is 1. The molecule has 3 heterocycles. The SMILES string of the molecule is CN(CCN1CCNC(=O)CC1)C1CN(c2cc3c(nn2)CCC3)C1. The minimum atomic E-state index is 0.181. The van der Waals surface area contributed by atoms with E-state index < -0.39 is 0 Å². The lowest BCUT2D eigenvalue weighted by Crippen LogP contribution is -2.59. The summed E-state index contributed by atoms with van der Waals surface area (Å²) < 4.78 is 0. The molecule has 2 saturated heterocycles. The summed E-state index contributed by atoms with van der Waals surface area (Å²) in [6.07, 6.45) is 4.09. The van der Waals surface area contributed by atoms with Gasteiger partial charge in [-0.3, -0.25) is 14.6 Å². The molecule has 0 radical (unpaired) electrons. The van der Waals surface area contributed by atoms with Gasteiger partial charge in [0.15, 0.2) is 5.82 Å². The topological polar surface area (TPSA) is 64.6 Å². The van der Waals surface area contributed by atoms with Crippen molar-refractivity contribution in [2.45, 2.75) is 31.7 Å². The molecule has 7 heteroatoms. The van der Waals surface area contributed by atoms with Gasteiger partial charge in [0.25, 0.3) is 0 Å². The van der Waals surface area contributed by atoms with Gasteiger partial charge in [0, 0.05) is 58.3 Å². The van der Waals surface area contributed by atoms with Crippen LogP contribution in [-0.4, -0.2) is 84.8 Å². The monoisotopic (exact) mass is 344 g/mol. The number of aryl methyl sites for hydroxylation is 2. The number of nitrogens with zero attached hydrogens (tertiary/aromatic N) is 5. The van der Waals surface area contributed by atoms with E-state index in [0.717, 1.165) is 64.5 Å². The Hall–Kier alpha value is -1.73. The fraction of sp³-hybridized carbons (Fsp3) is 0.722. The number of carbonyl (C=O) groups is 1. The van der Waals surface area contributed by atoms with Gasteiger partial charge in [0.1, 0.15) is 0 Å². The molecule has 2 aliphatic heterocycles. The smallest absolute Gasteiger partial charge is 0.221 e. The molecule has 1 aromatic rings. The first-order valence-corrected chi connectivity index (χ1v) is 9.49. The van der Waals surface area contributed by atoms with Crippen molar-refractivity contribution in [2.75, 3.05) is 57.8 Å². The van der Waals surface area contributed by atoms with Crippen molar-refractivity contribution in [2.24, 2.45) is 0 Å². The Morgan fingerprint density at radius 2 is 2.12 bits per heavy atom. The fourth-order valence-electron chi connectivity index (χ4n) is 3.91. The summed E-state index contributed by atoms with van der Waals surface area (Å²) >= 11 is 0. The molecular weight excluding hydrogens is 316 g/mol. The number of fused-ring (bicyclic) bond motifs is 1.